The van der Waals surface area contributed by atoms with Crippen molar-refractivity contribution in [2.75, 3.05) is 7.05 Å². The first kappa shape index (κ1) is 17.1. The summed E-state index contributed by atoms with van der Waals surface area (Å²) in [6.45, 7) is 1.87. The monoisotopic (exact) mass is 351 g/mol. The highest BCUT2D eigenvalue weighted by Crippen LogP contribution is 2.46. The van der Waals surface area contributed by atoms with Crippen LogP contribution in [0.2, 0.25) is 0 Å². The number of aryl methyl sites for hydroxylation is 1. The Morgan fingerprint density at radius 2 is 1.88 bits per heavy atom. The van der Waals surface area contributed by atoms with E-state index in [1.807, 2.05) is 49.4 Å². The number of phenols is 1. The van der Waals surface area contributed by atoms with Crippen molar-refractivity contribution in [3.63, 3.8) is 0 Å². The van der Waals surface area contributed by atoms with Crippen molar-refractivity contribution in [1.29, 1.82) is 0 Å². The molecule has 0 saturated carbocycles. The van der Waals surface area contributed by atoms with Gasteiger partial charge in [0.05, 0.1) is 6.42 Å². The molecule has 0 radical (unpaired) electrons. The van der Waals surface area contributed by atoms with Crippen LogP contribution in [0.5, 0.6) is 5.75 Å². The molecule has 0 atom stereocenters. The van der Waals surface area contributed by atoms with Crippen LogP contribution in [0.3, 0.4) is 0 Å². The highest BCUT2D eigenvalue weighted by molar-refractivity contribution is 5.81. The Balaban J connectivity index is 1.61. The van der Waals surface area contributed by atoms with Gasteiger partial charge in [-0.25, -0.2) is 0 Å². The van der Waals surface area contributed by atoms with Crippen molar-refractivity contribution >= 4 is 5.97 Å². The number of aromatic hydroxyl groups is 1. The number of hydrogen-bond donors (Lipinski definition) is 1. The molecule has 0 unspecified atom stereocenters. The second kappa shape index (κ2) is 6.44. The van der Waals surface area contributed by atoms with E-state index in [9.17, 15) is 9.90 Å². The van der Waals surface area contributed by atoms with Crippen molar-refractivity contribution < 1.29 is 14.6 Å². The Kier molecular flexibility index (Phi) is 4.23. The van der Waals surface area contributed by atoms with Crippen molar-refractivity contribution in [2.45, 2.75) is 50.8 Å². The van der Waals surface area contributed by atoms with Gasteiger partial charge in [-0.3, -0.25) is 9.69 Å². The number of fused-ring (bicyclic) bond motifs is 2. The number of carbonyl (C=O) groups is 1. The van der Waals surface area contributed by atoms with Crippen LogP contribution in [-0.2, 0) is 16.0 Å². The summed E-state index contributed by atoms with van der Waals surface area (Å²) in [7, 11) is 2.06. The topological polar surface area (TPSA) is 49.8 Å². The Hall–Kier alpha value is -2.33. The van der Waals surface area contributed by atoms with Crippen molar-refractivity contribution in [1.82, 2.24) is 4.90 Å². The lowest BCUT2D eigenvalue weighted by Gasteiger charge is -2.31. The van der Waals surface area contributed by atoms with Gasteiger partial charge in [0.25, 0.3) is 0 Å². The molecule has 1 N–H and O–H groups in total. The Bertz CT molecular complexity index is 823. The highest BCUT2D eigenvalue weighted by Gasteiger charge is 2.52. The van der Waals surface area contributed by atoms with Crippen LogP contribution in [0.4, 0.5) is 0 Å². The van der Waals surface area contributed by atoms with Crippen LogP contribution in [0.15, 0.2) is 42.5 Å². The van der Waals surface area contributed by atoms with E-state index in [-0.39, 0.29) is 18.1 Å². The van der Waals surface area contributed by atoms with E-state index in [1.54, 1.807) is 0 Å². The minimum atomic E-state index is -0.415. The van der Waals surface area contributed by atoms with Crippen LogP contribution in [0.25, 0.3) is 11.1 Å². The number of ether oxygens (including phenoxy) is 1. The van der Waals surface area contributed by atoms with Crippen molar-refractivity contribution in [3.8, 4) is 16.9 Å². The molecule has 2 aromatic rings. The molecule has 2 saturated heterocycles. The SMILES string of the molecule is Cc1ccc(CC(=O)OC23CCC(CC2)N3C)c(-c2ccccc2)c1O. The van der Waals surface area contributed by atoms with Crippen LogP contribution >= 0.6 is 0 Å². The maximum atomic E-state index is 12.7. The van der Waals surface area contributed by atoms with Gasteiger partial charge in [-0.2, -0.15) is 0 Å². The lowest BCUT2D eigenvalue weighted by molar-refractivity contribution is -0.172. The van der Waals surface area contributed by atoms with Crippen LogP contribution in [-0.4, -0.2) is 34.8 Å². The smallest absolute Gasteiger partial charge is 0.312 e. The minimum absolute atomic E-state index is 0.165. The van der Waals surface area contributed by atoms with Crippen LogP contribution in [0.1, 0.15) is 36.8 Å². The summed E-state index contributed by atoms with van der Waals surface area (Å²) in [5, 5.41) is 10.6. The van der Waals surface area contributed by atoms with Gasteiger partial charge < -0.3 is 9.84 Å². The molecule has 2 aliphatic heterocycles. The third-order valence-electron chi connectivity index (χ3n) is 6.09. The molecule has 2 bridgehead atoms. The summed E-state index contributed by atoms with van der Waals surface area (Å²) in [6.07, 6.45) is 4.21. The largest absolute Gasteiger partial charge is 0.507 e. The van der Waals surface area contributed by atoms with E-state index in [0.29, 0.717) is 6.04 Å². The second-order valence-corrected chi connectivity index (χ2v) is 7.57. The molecule has 136 valence electrons. The summed E-state index contributed by atoms with van der Waals surface area (Å²) >= 11 is 0. The highest BCUT2D eigenvalue weighted by atomic mass is 16.6. The zero-order valence-electron chi connectivity index (χ0n) is 15.4. The second-order valence-electron chi connectivity index (χ2n) is 7.57. The van der Waals surface area contributed by atoms with E-state index >= 15 is 0 Å². The summed E-state index contributed by atoms with van der Waals surface area (Å²) in [5.74, 6) is 0.0124. The van der Waals surface area contributed by atoms with Gasteiger partial charge in [0.2, 0.25) is 0 Å². The first-order valence-electron chi connectivity index (χ1n) is 9.32. The molecule has 2 aliphatic rings. The molecule has 0 amide bonds. The molecule has 2 fully saturated rings. The van der Waals surface area contributed by atoms with Crippen molar-refractivity contribution in [3.05, 3.63) is 53.6 Å². The number of nitrogens with zero attached hydrogens (tertiary/aromatic N) is 1. The van der Waals surface area contributed by atoms with Crippen LogP contribution in [0, 0.1) is 6.92 Å². The maximum Gasteiger partial charge on any atom is 0.312 e. The van der Waals surface area contributed by atoms with E-state index in [2.05, 4.69) is 11.9 Å². The summed E-state index contributed by atoms with van der Waals surface area (Å²) in [4.78, 5) is 15.0. The average Bonchev–Trinajstić information content (AvgIpc) is 3.10. The molecule has 4 nitrogen and oxygen atoms in total. The van der Waals surface area contributed by atoms with E-state index in [0.717, 1.165) is 47.9 Å². The number of esters is 1. The Morgan fingerprint density at radius 1 is 1.19 bits per heavy atom. The number of hydrogen-bond acceptors (Lipinski definition) is 4. The summed E-state index contributed by atoms with van der Waals surface area (Å²) in [6, 6.07) is 14.0. The molecule has 0 aliphatic carbocycles. The molecule has 4 rings (SSSR count). The van der Waals surface area contributed by atoms with Gasteiger partial charge >= 0.3 is 5.97 Å². The van der Waals surface area contributed by atoms with E-state index in [1.165, 1.54) is 0 Å². The molecule has 26 heavy (non-hydrogen) atoms. The number of benzene rings is 2. The van der Waals surface area contributed by atoms with E-state index < -0.39 is 5.72 Å². The predicted octanol–water partition coefficient (Wildman–Crippen LogP) is 4.04. The predicted molar refractivity (Wildman–Crippen MR) is 101 cm³/mol. The molecule has 2 aromatic carbocycles. The number of carbonyl (C=O) groups excluding carboxylic acids is 1. The molecule has 2 heterocycles. The van der Waals surface area contributed by atoms with Gasteiger partial charge in [0.1, 0.15) is 5.75 Å². The third-order valence-corrected chi connectivity index (χ3v) is 6.09. The zero-order chi connectivity index (χ0) is 18.3. The van der Waals surface area contributed by atoms with Gasteiger partial charge in [0.15, 0.2) is 5.72 Å². The quantitative estimate of drug-likeness (QED) is 0.845. The zero-order valence-corrected chi connectivity index (χ0v) is 15.4. The average molecular weight is 351 g/mol. The lowest BCUT2D eigenvalue weighted by atomic mass is 9.94. The van der Waals surface area contributed by atoms with Gasteiger partial charge in [0, 0.05) is 24.4 Å². The molecular weight excluding hydrogens is 326 g/mol. The molecule has 0 aromatic heterocycles. The van der Waals surface area contributed by atoms with E-state index in [4.69, 9.17) is 4.74 Å². The van der Waals surface area contributed by atoms with Gasteiger partial charge in [-0.1, -0.05) is 42.5 Å². The Morgan fingerprint density at radius 3 is 2.50 bits per heavy atom. The van der Waals surface area contributed by atoms with Crippen molar-refractivity contribution in [2.24, 2.45) is 0 Å². The third kappa shape index (κ3) is 2.78. The first-order chi connectivity index (χ1) is 12.5. The van der Waals surface area contributed by atoms with Gasteiger partial charge in [-0.05, 0) is 43.5 Å². The lowest BCUT2D eigenvalue weighted by Crippen LogP contribution is -2.42. The number of phenolic OH excluding ortho intramolecular Hbond substituents is 1. The summed E-state index contributed by atoms with van der Waals surface area (Å²) < 4.78 is 5.97. The molecule has 0 spiro atoms. The molecule has 4 heteroatoms. The van der Waals surface area contributed by atoms with Crippen LogP contribution < -0.4 is 0 Å². The number of rotatable bonds is 4. The summed E-state index contributed by atoms with van der Waals surface area (Å²) in [5.41, 5.74) is 2.82. The standard InChI is InChI=1S/C22H25NO3/c1-15-8-9-17(20(21(15)25)16-6-4-3-5-7-16)14-19(24)26-22-12-10-18(11-13-22)23(22)2/h3-9,18,25H,10-14H2,1-2H3. The van der Waals surface area contributed by atoms with Gasteiger partial charge in [-0.15, -0.1) is 0 Å². The Labute approximate surface area is 154 Å². The maximum absolute atomic E-state index is 12.7. The molecular formula is C22H25NO3. The minimum Gasteiger partial charge on any atom is -0.507 e. The first-order valence-corrected chi connectivity index (χ1v) is 9.32. The fourth-order valence-electron chi connectivity index (χ4n) is 4.52. The normalized spacial score (nSPS) is 24.8. The fraction of sp³-hybridized carbons (Fsp3) is 0.409. The fourth-order valence-corrected chi connectivity index (χ4v) is 4.52.